The lowest BCUT2D eigenvalue weighted by atomic mass is 9.80. The van der Waals surface area contributed by atoms with Gasteiger partial charge in [0.25, 0.3) is 0 Å². The van der Waals surface area contributed by atoms with E-state index in [-0.39, 0.29) is 27.8 Å². The first-order valence-corrected chi connectivity index (χ1v) is 18.0. The van der Waals surface area contributed by atoms with Crippen molar-refractivity contribution >= 4 is 60.7 Å². The van der Waals surface area contributed by atoms with Gasteiger partial charge in [-0.25, -0.2) is 0 Å². The van der Waals surface area contributed by atoms with Crippen LogP contribution in [0, 0.1) is 0 Å². The lowest BCUT2D eigenvalue weighted by Gasteiger charge is -2.30. The summed E-state index contributed by atoms with van der Waals surface area (Å²) >= 11 is 3.97. The van der Waals surface area contributed by atoms with Crippen LogP contribution in [0.5, 0.6) is 0 Å². The number of hydrogen-bond acceptors (Lipinski definition) is 0. The quantitative estimate of drug-likeness (QED) is 0.126. The normalized spacial score (nSPS) is 12.3. The van der Waals surface area contributed by atoms with Gasteiger partial charge in [0.15, 0.2) is 0 Å². The van der Waals surface area contributed by atoms with Crippen LogP contribution in [0.1, 0.15) is 58.2 Å². The van der Waals surface area contributed by atoms with Crippen molar-refractivity contribution in [2.75, 3.05) is 0 Å². The SMILES string of the molecule is CC(C)(C)c1cc(Br)c2ccc3c(C[P+](c4ccccc4)(c4ccccc4)c4ccccc4)ccc(C(C)(C)C)c3c2c1.[Br-]. The maximum Gasteiger partial charge on any atom is 0.116 e. The summed E-state index contributed by atoms with van der Waals surface area (Å²) in [5, 5.41) is 9.62. The second-order valence-electron chi connectivity index (χ2n) is 13.8. The van der Waals surface area contributed by atoms with Crippen LogP contribution in [0.3, 0.4) is 0 Å². The zero-order valence-electron chi connectivity index (χ0n) is 26.5. The number of halogens is 2. The third kappa shape index (κ3) is 5.94. The Morgan fingerprint density at radius 1 is 0.523 bits per heavy atom. The Balaban J connectivity index is 0.00000384. The van der Waals surface area contributed by atoms with E-state index < -0.39 is 7.26 Å². The predicted octanol–water partition coefficient (Wildman–Crippen LogP) is 7.85. The Morgan fingerprint density at radius 2 is 1.00 bits per heavy atom. The lowest BCUT2D eigenvalue weighted by molar-refractivity contribution is -0.00000913. The van der Waals surface area contributed by atoms with Gasteiger partial charge in [0.2, 0.25) is 0 Å². The smallest absolute Gasteiger partial charge is 0.116 e. The van der Waals surface area contributed by atoms with E-state index in [1.807, 2.05) is 0 Å². The molecule has 44 heavy (non-hydrogen) atoms. The first-order chi connectivity index (χ1) is 20.5. The fraction of sp³-hybridized carbons (Fsp3) is 0.220. The van der Waals surface area contributed by atoms with E-state index in [1.165, 1.54) is 58.6 Å². The third-order valence-corrected chi connectivity index (χ3v) is 13.8. The minimum Gasteiger partial charge on any atom is -1.00 e. The molecule has 0 aliphatic carbocycles. The largest absolute Gasteiger partial charge is 1.00 e. The minimum atomic E-state index is -2.05. The summed E-state index contributed by atoms with van der Waals surface area (Å²) in [6.45, 7) is 14.0. The molecule has 0 atom stereocenters. The summed E-state index contributed by atoms with van der Waals surface area (Å²) in [6, 6.07) is 48.1. The first-order valence-electron chi connectivity index (χ1n) is 15.2. The van der Waals surface area contributed by atoms with Crippen LogP contribution in [0.15, 0.2) is 132 Å². The van der Waals surface area contributed by atoms with Crippen molar-refractivity contribution in [3.8, 4) is 0 Å². The van der Waals surface area contributed by atoms with Crippen molar-refractivity contribution in [2.24, 2.45) is 0 Å². The van der Waals surface area contributed by atoms with Crippen LogP contribution < -0.4 is 32.9 Å². The average Bonchev–Trinajstić information content (AvgIpc) is 3.00. The fourth-order valence-corrected chi connectivity index (χ4v) is 11.4. The van der Waals surface area contributed by atoms with E-state index in [4.69, 9.17) is 0 Å². The molecular weight excluding hydrogens is 683 g/mol. The number of fused-ring (bicyclic) bond motifs is 3. The highest BCUT2D eigenvalue weighted by molar-refractivity contribution is 9.10. The molecule has 6 aromatic carbocycles. The number of benzene rings is 6. The van der Waals surface area contributed by atoms with Gasteiger partial charge in [-0.2, -0.15) is 0 Å². The zero-order valence-corrected chi connectivity index (χ0v) is 30.6. The molecule has 0 amide bonds. The van der Waals surface area contributed by atoms with Crippen LogP contribution in [0.2, 0.25) is 0 Å². The third-order valence-electron chi connectivity index (χ3n) is 8.82. The Labute approximate surface area is 283 Å². The molecule has 6 rings (SSSR count). The lowest BCUT2D eigenvalue weighted by Crippen LogP contribution is -3.00. The molecule has 0 saturated carbocycles. The van der Waals surface area contributed by atoms with E-state index in [9.17, 15) is 0 Å². The van der Waals surface area contributed by atoms with Crippen LogP contribution in [-0.2, 0) is 17.0 Å². The molecule has 0 unspecified atom stereocenters. The van der Waals surface area contributed by atoms with Gasteiger partial charge < -0.3 is 17.0 Å². The Bertz CT molecular complexity index is 1800. The molecule has 0 fully saturated rings. The van der Waals surface area contributed by atoms with Gasteiger partial charge in [0.05, 0.1) is 6.16 Å². The van der Waals surface area contributed by atoms with Gasteiger partial charge in [-0.15, -0.1) is 0 Å². The van der Waals surface area contributed by atoms with Gasteiger partial charge in [-0.3, -0.25) is 0 Å². The van der Waals surface area contributed by atoms with Crippen molar-refractivity contribution in [3.05, 3.63) is 149 Å². The van der Waals surface area contributed by atoms with E-state index in [0.717, 1.165) is 6.16 Å². The maximum absolute atomic E-state index is 3.97. The molecular formula is C41H41Br2P. The second-order valence-corrected chi connectivity index (χ2v) is 18.1. The van der Waals surface area contributed by atoms with Crippen molar-refractivity contribution in [3.63, 3.8) is 0 Å². The molecule has 3 heteroatoms. The van der Waals surface area contributed by atoms with Crippen LogP contribution in [-0.4, -0.2) is 0 Å². The van der Waals surface area contributed by atoms with Gasteiger partial charge in [-0.05, 0) is 97.6 Å². The standard InChI is InChI=1S/C41H41BrP.BrH/c1-40(2,3)30-26-36-35(38(42)27-30)24-23-34-29(22-25-37(39(34)36)41(4,5)6)28-43(31-16-10-7-11-17-31,32-18-12-8-13-19-32)33-20-14-9-15-21-33;/h7-27H,28H2,1-6H3;1H/q+1;/p-1. The second kappa shape index (κ2) is 12.6. The van der Waals surface area contributed by atoms with Crippen LogP contribution >= 0.6 is 23.2 Å². The summed E-state index contributed by atoms with van der Waals surface area (Å²) in [6.07, 6.45) is 0.956. The molecule has 0 aliphatic heterocycles. The molecule has 0 N–H and O–H groups in total. The summed E-state index contributed by atoms with van der Waals surface area (Å²) in [4.78, 5) is 0. The molecule has 0 saturated heterocycles. The predicted molar refractivity (Wildman–Crippen MR) is 195 cm³/mol. The number of hydrogen-bond donors (Lipinski definition) is 0. The van der Waals surface area contributed by atoms with Gasteiger partial charge in [0.1, 0.15) is 23.2 Å². The highest BCUT2D eigenvalue weighted by atomic mass is 79.9. The van der Waals surface area contributed by atoms with Crippen molar-refractivity contribution in [1.29, 1.82) is 0 Å². The van der Waals surface area contributed by atoms with E-state index >= 15 is 0 Å². The number of rotatable bonds is 5. The molecule has 6 aromatic rings. The molecule has 0 bridgehead atoms. The average molecular weight is 725 g/mol. The molecule has 0 heterocycles. The van der Waals surface area contributed by atoms with Crippen LogP contribution in [0.25, 0.3) is 21.5 Å². The topological polar surface area (TPSA) is 0 Å². The molecule has 0 spiro atoms. The van der Waals surface area contributed by atoms with Crippen molar-refractivity contribution in [1.82, 2.24) is 0 Å². The summed E-state index contributed by atoms with van der Waals surface area (Å²) in [5.74, 6) is 0. The molecule has 0 nitrogen and oxygen atoms in total. The Morgan fingerprint density at radius 3 is 1.45 bits per heavy atom. The monoisotopic (exact) mass is 722 g/mol. The fourth-order valence-electron chi connectivity index (χ4n) is 6.52. The molecule has 0 radical (unpaired) electrons. The minimum absolute atomic E-state index is 0. The summed E-state index contributed by atoms with van der Waals surface area (Å²) in [5.41, 5.74) is 4.21. The molecule has 0 aromatic heterocycles. The van der Waals surface area contributed by atoms with E-state index in [2.05, 4.69) is 185 Å². The van der Waals surface area contributed by atoms with E-state index in [0.29, 0.717) is 0 Å². The van der Waals surface area contributed by atoms with Crippen molar-refractivity contribution < 1.29 is 17.0 Å². The van der Waals surface area contributed by atoms with Crippen LogP contribution in [0.4, 0.5) is 0 Å². The molecule has 0 aliphatic rings. The highest BCUT2D eigenvalue weighted by Crippen LogP contribution is 2.59. The summed E-state index contributed by atoms with van der Waals surface area (Å²) in [7, 11) is -2.05. The van der Waals surface area contributed by atoms with Gasteiger partial charge >= 0.3 is 0 Å². The van der Waals surface area contributed by atoms with E-state index in [1.54, 1.807) is 0 Å². The zero-order chi connectivity index (χ0) is 30.4. The van der Waals surface area contributed by atoms with Gasteiger partial charge in [-0.1, -0.05) is 136 Å². The van der Waals surface area contributed by atoms with Crippen molar-refractivity contribution in [2.45, 2.75) is 58.5 Å². The summed E-state index contributed by atoms with van der Waals surface area (Å²) < 4.78 is 1.17. The van der Waals surface area contributed by atoms with Gasteiger partial charge in [0, 0.05) is 4.47 Å². The molecule has 224 valence electrons. The highest BCUT2D eigenvalue weighted by Gasteiger charge is 2.45. The Kier molecular flexibility index (Phi) is 9.31. The maximum atomic E-state index is 3.97. The first kappa shape index (κ1) is 32.6. The Hall–Kier alpha value is -2.77.